The van der Waals surface area contributed by atoms with Crippen LogP contribution in [0.5, 0.6) is 5.75 Å². The van der Waals surface area contributed by atoms with Crippen LogP contribution in [0.3, 0.4) is 0 Å². The molecule has 0 saturated heterocycles. The van der Waals surface area contributed by atoms with Crippen LogP contribution in [-0.4, -0.2) is 6.10 Å². The summed E-state index contributed by atoms with van der Waals surface area (Å²) in [5.41, 5.74) is 7.08. The van der Waals surface area contributed by atoms with Crippen molar-refractivity contribution in [3.63, 3.8) is 0 Å². The maximum Gasteiger partial charge on any atom is 0.130 e. The van der Waals surface area contributed by atoms with Crippen LogP contribution in [0.15, 0.2) is 60.7 Å². The molecule has 0 amide bonds. The van der Waals surface area contributed by atoms with Crippen molar-refractivity contribution in [2.75, 3.05) is 0 Å². The first-order valence-corrected chi connectivity index (χ1v) is 11.5. The number of alkyl halides is 1. The highest BCUT2D eigenvalue weighted by molar-refractivity contribution is 5.65. The van der Waals surface area contributed by atoms with Crippen LogP contribution < -0.4 is 4.74 Å². The number of fused-ring (bicyclic) bond motifs is 1. The van der Waals surface area contributed by atoms with Gasteiger partial charge in [-0.3, -0.25) is 0 Å². The average Bonchev–Trinajstić information content (AvgIpc) is 2.77. The SMILES string of the molecule is CCc1cc(CC)c2c(c1)OC(C)CC2c1cccc(-c2ccc(C(C)(C)F)cc2)c1. The zero-order valence-electron chi connectivity index (χ0n) is 19.3. The van der Waals surface area contributed by atoms with Crippen molar-refractivity contribution in [3.8, 4) is 16.9 Å². The Hall–Kier alpha value is -2.61. The molecule has 0 aliphatic carbocycles. The quantitative estimate of drug-likeness (QED) is 0.409. The van der Waals surface area contributed by atoms with Gasteiger partial charge in [-0.25, -0.2) is 4.39 Å². The van der Waals surface area contributed by atoms with Gasteiger partial charge >= 0.3 is 0 Å². The minimum atomic E-state index is -1.32. The van der Waals surface area contributed by atoms with Crippen LogP contribution in [0.2, 0.25) is 0 Å². The van der Waals surface area contributed by atoms with E-state index < -0.39 is 5.67 Å². The van der Waals surface area contributed by atoms with Crippen molar-refractivity contribution in [2.24, 2.45) is 0 Å². The molecule has 1 heterocycles. The minimum Gasteiger partial charge on any atom is -0.490 e. The molecule has 2 heteroatoms. The van der Waals surface area contributed by atoms with Crippen molar-refractivity contribution in [2.45, 2.75) is 71.6 Å². The Balaban J connectivity index is 1.75. The number of ether oxygens (including phenoxy) is 1. The van der Waals surface area contributed by atoms with Gasteiger partial charge in [-0.1, -0.05) is 68.4 Å². The lowest BCUT2D eigenvalue weighted by Gasteiger charge is -2.33. The first-order chi connectivity index (χ1) is 14.8. The van der Waals surface area contributed by atoms with E-state index in [-0.39, 0.29) is 6.10 Å². The molecule has 3 aromatic rings. The second kappa shape index (κ2) is 8.49. The van der Waals surface area contributed by atoms with Crippen molar-refractivity contribution in [1.29, 1.82) is 0 Å². The van der Waals surface area contributed by atoms with Crippen molar-refractivity contribution >= 4 is 0 Å². The number of hydrogen-bond donors (Lipinski definition) is 0. The van der Waals surface area contributed by atoms with E-state index in [2.05, 4.69) is 57.2 Å². The van der Waals surface area contributed by atoms with Gasteiger partial charge in [0.2, 0.25) is 0 Å². The second-order valence-electron chi connectivity index (χ2n) is 9.27. The molecule has 0 radical (unpaired) electrons. The standard InChI is InChI=1S/C29H33FO/c1-6-20-16-21(7-2)28-26(15-19(3)31-27(28)17-20)24-10-8-9-23(18-24)22-11-13-25(14-12-22)29(4,5)30/h8-14,16-19,26H,6-7,15H2,1-5H3. The maximum atomic E-state index is 14.3. The normalized spacial score (nSPS) is 18.4. The summed E-state index contributed by atoms with van der Waals surface area (Å²) in [5.74, 6) is 1.38. The number of benzene rings is 3. The van der Waals surface area contributed by atoms with Crippen LogP contribution in [0.4, 0.5) is 4.39 Å². The third-order valence-corrected chi connectivity index (χ3v) is 6.51. The zero-order chi connectivity index (χ0) is 22.2. The van der Waals surface area contributed by atoms with Gasteiger partial charge in [0.25, 0.3) is 0 Å². The summed E-state index contributed by atoms with van der Waals surface area (Å²) in [4.78, 5) is 0. The number of hydrogen-bond acceptors (Lipinski definition) is 1. The van der Waals surface area contributed by atoms with Gasteiger partial charge in [0, 0.05) is 11.5 Å². The van der Waals surface area contributed by atoms with Crippen molar-refractivity contribution in [3.05, 3.63) is 88.5 Å². The van der Waals surface area contributed by atoms with Crippen LogP contribution in [-0.2, 0) is 18.5 Å². The highest BCUT2D eigenvalue weighted by atomic mass is 19.1. The molecule has 2 atom stereocenters. The van der Waals surface area contributed by atoms with Crippen LogP contribution >= 0.6 is 0 Å². The van der Waals surface area contributed by atoms with E-state index in [1.165, 1.54) is 27.8 Å². The van der Waals surface area contributed by atoms with Crippen molar-refractivity contribution in [1.82, 2.24) is 0 Å². The number of aryl methyl sites for hydroxylation is 2. The molecule has 1 aliphatic rings. The fraction of sp³-hybridized carbons (Fsp3) is 0.379. The van der Waals surface area contributed by atoms with Crippen LogP contribution in [0.25, 0.3) is 11.1 Å². The van der Waals surface area contributed by atoms with E-state index in [0.29, 0.717) is 11.5 Å². The summed E-state index contributed by atoms with van der Waals surface area (Å²) in [6.07, 6.45) is 3.18. The molecule has 1 aliphatic heterocycles. The van der Waals surface area contributed by atoms with Gasteiger partial charge in [0.1, 0.15) is 11.4 Å². The van der Waals surface area contributed by atoms with Crippen LogP contribution in [0, 0.1) is 0 Å². The molecule has 0 bridgehead atoms. The molecule has 2 unspecified atom stereocenters. The maximum absolute atomic E-state index is 14.3. The Morgan fingerprint density at radius 3 is 2.32 bits per heavy atom. The fourth-order valence-corrected chi connectivity index (χ4v) is 4.75. The third-order valence-electron chi connectivity index (χ3n) is 6.51. The molecule has 31 heavy (non-hydrogen) atoms. The Bertz CT molecular complexity index is 1060. The molecule has 4 rings (SSSR count). The van der Waals surface area contributed by atoms with Crippen LogP contribution in [0.1, 0.15) is 74.8 Å². The number of rotatable bonds is 5. The van der Waals surface area contributed by atoms with E-state index >= 15 is 0 Å². The van der Waals surface area contributed by atoms with E-state index in [0.717, 1.165) is 30.6 Å². The van der Waals surface area contributed by atoms with Crippen molar-refractivity contribution < 1.29 is 9.13 Å². The van der Waals surface area contributed by atoms with E-state index in [9.17, 15) is 4.39 Å². The third kappa shape index (κ3) is 4.39. The van der Waals surface area contributed by atoms with Gasteiger partial charge in [-0.2, -0.15) is 0 Å². The first kappa shape index (κ1) is 21.6. The summed E-state index contributed by atoms with van der Waals surface area (Å²) in [5, 5.41) is 0. The topological polar surface area (TPSA) is 9.23 Å². The predicted molar refractivity (Wildman–Crippen MR) is 128 cm³/mol. The van der Waals surface area contributed by atoms with E-state index in [1.54, 1.807) is 13.8 Å². The molecule has 0 aromatic heterocycles. The molecule has 0 saturated carbocycles. The lowest BCUT2D eigenvalue weighted by molar-refractivity contribution is 0.182. The second-order valence-corrected chi connectivity index (χ2v) is 9.27. The van der Waals surface area contributed by atoms with Gasteiger partial charge < -0.3 is 4.74 Å². The molecule has 3 aromatic carbocycles. The minimum absolute atomic E-state index is 0.184. The lowest BCUT2D eigenvalue weighted by atomic mass is 9.80. The van der Waals surface area contributed by atoms with Gasteiger partial charge in [-0.15, -0.1) is 0 Å². The predicted octanol–water partition coefficient (Wildman–Crippen LogP) is 7.99. The number of halogens is 1. The largest absolute Gasteiger partial charge is 0.490 e. The highest BCUT2D eigenvalue weighted by Gasteiger charge is 2.30. The molecule has 0 spiro atoms. The molecular formula is C29H33FO. The zero-order valence-corrected chi connectivity index (χ0v) is 19.3. The molecule has 0 N–H and O–H groups in total. The van der Waals surface area contributed by atoms with Gasteiger partial charge in [0.05, 0.1) is 6.10 Å². The van der Waals surface area contributed by atoms with E-state index in [4.69, 9.17) is 4.74 Å². The fourth-order valence-electron chi connectivity index (χ4n) is 4.75. The van der Waals surface area contributed by atoms with Gasteiger partial charge in [-0.05, 0) is 79.5 Å². The van der Waals surface area contributed by atoms with E-state index in [1.807, 2.05) is 24.3 Å². The summed E-state index contributed by atoms with van der Waals surface area (Å²) in [6, 6.07) is 21.3. The summed E-state index contributed by atoms with van der Waals surface area (Å²) >= 11 is 0. The summed E-state index contributed by atoms with van der Waals surface area (Å²) in [6.45, 7) is 9.79. The Labute approximate surface area is 186 Å². The Morgan fingerprint density at radius 1 is 0.935 bits per heavy atom. The first-order valence-electron chi connectivity index (χ1n) is 11.5. The molecule has 0 fully saturated rings. The monoisotopic (exact) mass is 416 g/mol. The summed E-state index contributed by atoms with van der Waals surface area (Å²) in [7, 11) is 0. The summed E-state index contributed by atoms with van der Waals surface area (Å²) < 4.78 is 20.5. The van der Waals surface area contributed by atoms with Gasteiger partial charge in [0.15, 0.2) is 0 Å². The Kier molecular flexibility index (Phi) is 5.92. The molecular weight excluding hydrogens is 383 g/mol. The molecule has 162 valence electrons. The molecule has 1 nitrogen and oxygen atoms in total. The average molecular weight is 417 g/mol. The highest BCUT2D eigenvalue weighted by Crippen LogP contribution is 2.44. The smallest absolute Gasteiger partial charge is 0.130 e. The lowest BCUT2D eigenvalue weighted by Crippen LogP contribution is -2.24. The Morgan fingerprint density at radius 2 is 1.68 bits per heavy atom.